The molecular formula is C8H13F2NO2. The molecule has 0 saturated carbocycles. The number of fused-ring (bicyclic) bond motifs is 1. The monoisotopic (exact) mass is 193 g/mol. The van der Waals surface area contributed by atoms with Crippen molar-refractivity contribution in [1.82, 2.24) is 0 Å². The summed E-state index contributed by atoms with van der Waals surface area (Å²) in [6.45, 7) is 2.69. The molecule has 0 bridgehead atoms. The Labute approximate surface area is 75.4 Å². The van der Waals surface area contributed by atoms with Gasteiger partial charge < -0.3 is 14.6 Å². The summed E-state index contributed by atoms with van der Waals surface area (Å²) in [5.41, 5.74) is -1.01. The maximum absolute atomic E-state index is 13.0. The molecule has 13 heavy (non-hydrogen) atoms. The number of hydrogen-bond donors (Lipinski definition) is 0. The molecule has 0 N–H and O–H groups in total. The Hall–Kier alpha value is -0.260. The van der Waals surface area contributed by atoms with Crippen molar-refractivity contribution in [3.8, 4) is 0 Å². The summed E-state index contributed by atoms with van der Waals surface area (Å²) < 4.78 is 30.3. The molecule has 5 heteroatoms. The van der Waals surface area contributed by atoms with Crippen LogP contribution in [0.4, 0.5) is 8.78 Å². The number of rotatable bonds is 0. The molecular weight excluding hydrogens is 180 g/mol. The van der Waals surface area contributed by atoms with Crippen LogP contribution in [0.1, 0.15) is 20.3 Å². The molecule has 0 aromatic heterocycles. The van der Waals surface area contributed by atoms with E-state index in [9.17, 15) is 14.0 Å². The molecule has 3 nitrogen and oxygen atoms in total. The van der Waals surface area contributed by atoms with E-state index in [1.165, 1.54) is 0 Å². The lowest BCUT2D eigenvalue weighted by Crippen LogP contribution is -2.56. The van der Waals surface area contributed by atoms with E-state index in [-0.39, 0.29) is 13.0 Å². The third-order valence-corrected chi connectivity index (χ3v) is 3.13. The van der Waals surface area contributed by atoms with Gasteiger partial charge in [0.25, 0.3) is 0 Å². The molecule has 2 atom stereocenters. The molecule has 0 amide bonds. The van der Waals surface area contributed by atoms with Crippen LogP contribution in [-0.4, -0.2) is 35.5 Å². The lowest BCUT2D eigenvalue weighted by atomic mass is 10.2. The fraction of sp³-hybridized carbons (Fsp3) is 1.00. The lowest BCUT2D eigenvalue weighted by molar-refractivity contribution is -0.941. The Morgan fingerprint density at radius 2 is 2.08 bits per heavy atom. The van der Waals surface area contributed by atoms with Crippen molar-refractivity contribution in [3.63, 3.8) is 0 Å². The zero-order valence-electron chi connectivity index (χ0n) is 7.72. The van der Waals surface area contributed by atoms with Gasteiger partial charge in [0.15, 0.2) is 5.72 Å². The van der Waals surface area contributed by atoms with Crippen LogP contribution in [0.15, 0.2) is 0 Å². The van der Waals surface area contributed by atoms with Crippen molar-refractivity contribution in [3.05, 3.63) is 5.21 Å². The van der Waals surface area contributed by atoms with E-state index >= 15 is 0 Å². The second-order valence-electron chi connectivity index (χ2n) is 4.43. The summed E-state index contributed by atoms with van der Waals surface area (Å²) in [7, 11) is 0. The van der Waals surface area contributed by atoms with E-state index in [4.69, 9.17) is 4.74 Å². The molecule has 2 heterocycles. The van der Waals surface area contributed by atoms with Crippen molar-refractivity contribution in [2.24, 2.45) is 0 Å². The van der Waals surface area contributed by atoms with Gasteiger partial charge in [-0.15, -0.1) is 0 Å². The third-order valence-electron chi connectivity index (χ3n) is 3.13. The summed E-state index contributed by atoms with van der Waals surface area (Å²) in [5.74, 6) is -2.81. The smallest absolute Gasteiger partial charge is 0.301 e. The van der Waals surface area contributed by atoms with E-state index < -0.39 is 28.9 Å². The van der Waals surface area contributed by atoms with Crippen LogP contribution >= 0.6 is 0 Å². The quantitative estimate of drug-likeness (QED) is 0.431. The second-order valence-corrected chi connectivity index (χ2v) is 4.43. The van der Waals surface area contributed by atoms with Gasteiger partial charge in [0, 0.05) is 13.8 Å². The average molecular weight is 193 g/mol. The van der Waals surface area contributed by atoms with Crippen molar-refractivity contribution in [1.29, 1.82) is 0 Å². The Morgan fingerprint density at radius 3 is 2.62 bits per heavy atom. The van der Waals surface area contributed by atoms with Gasteiger partial charge in [-0.1, -0.05) is 0 Å². The summed E-state index contributed by atoms with van der Waals surface area (Å²) in [5, 5.41) is 12.1. The van der Waals surface area contributed by atoms with Gasteiger partial charge in [-0.25, -0.2) is 8.78 Å². The molecule has 2 saturated heterocycles. The van der Waals surface area contributed by atoms with Gasteiger partial charge in [0.05, 0.1) is 6.42 Å². The topological polar surface area (TPSA) is 32.3 Å². The van der Waals surface area contributed by atoms with Crippen molar-refractivity contribution >= 4 is 0 Å². The fourth-order valence-corrected chi connectivity index (χ4v) is 2.25. The predicted molar refractivity (Wildman–Crippen MR) is 41.9 cm³/mol. The SMILES string of the molecule is CC1(C)OCC2CC(F)(F)C[N+]21[O-]. The largest absolute Gasteiger partial charge is 0.630 e. The van der Waals surface area contributed by atoms with Gasteiger partial charge in [0.2, 0.25) is 0 Å². The molecule has 2 unspecified atom stereocenters. The van der Waals surface area contributed by atoms with E-state index in [0.29, 0.717) is 0 Å². The Balaban J connectivity index is 2.31. The molecule has 2 aliphatic heterocycles. The first kappa shape index (κ1) is 9.30. The van der Waals surface area contributed by atoms with Gasteiger partial charge >= 0.3 is 5.92 Å². The summed E-state index contributed by atoms with van der Waals surface area (Å²) >= 11 is 0. The fourth-order valence-electron chi connectivity index (χ4n) is 2.25. The maximum Gasteiger partial charge on any atom is 0.301 e. The number of nitrogens with zero attached hydrogens (tertiary/aromatic N) is 1. The highest BCUT2D eigenvalue weighted by molar-refractivity contribution is 4.88. The molecule has 0 spiro atoms. The zero-order chi connectivity index (χ0) is 9.91. The van der Waals surface area contributed by atoms with Crippen LogP contribution in [-0.2, 0) is 4.74 Å². The van der Waals surface area contributed by atoms with E-state index in [0.717, 1.165) is 0 Å². The molecule has 0 aromatic carbocycles. The molecule has 0 aromatic rings. The molecule has 0 radical (unpaired) electrons. The van der Waals surface area contributed by atoms with Crippen molar-refractivity contribution in [2.75, 3.05) is 13.2 Å². The number of alkyl halides is 2. The van der Waals surface area contributed by atoms with Gasteiger partial charge in [-0.2, -0.15) is 0 Å². The standard InChI is InChI=1S/C8H13F2NO2/c1-7(2)11(12)5-8(9,10)3-6(11)4-13-7/h6H,3-5H2,1-2H3. The van der Waals surface area contributed by atoms with E-state index in [2.05, 4.69) is 0 Å². The normalized spacial score (nSPS) is 46.4. The molecule has 2 rings (SSSR count). The Morgan fingerprint density at radius 1 is 1.46 bits per heavy atom. The first-order valence-electron chi connectivity index (χ1n) is 4.37. The first-order chi connectivity index (χ1) is 5.77. The van der Waals surface area contributed by atoms with E-state index in [1.807, 2.05) is 0 Å². The average Bonchev–Trinajstić information content (AvgIpc) is 2.27. The van der Waals surface area contributed by atoms with Crippen LogP contribution in [0.25, 0.3) is 0 Å². The summed E-state index contributed by atoms with van der Waals surface area (Å²) in [4.78, 5) is 0. The number of ether oxygens (including phenoxy) is 1. The van der Waals surface area contributed by atoms with Gasteiger partial charge in [0.1, 0.15) is 19.2 Å². The molecule has 76 valence electrons. The minimum Gasteiger partial charge on any atom is -0.630 e. The highest BCUT2D eigenvalue weighted by atomic mass is 19.3. The highest BCUT2D eigenvalue weighted by Gasteiger charge is 2.62. The zero-order valence-corrected chi connectivity index (χ0v) is 7.72. The first-order valence-corrected chi connectivity index (χ1v) is 4.37. The Kier molecular flexibility index (Phi) is 1.58. The summed E-state index contributed by atoms with van der Waals surface area (Å²) in [6, 6.07) is -0.579. The number of hydrogen-bond acceptors (Lipinski definition) is 2. The number of hydroxylamine groups is 3. The maximum atomic E-state index is 13.0. The minimum absolute atomic E-state index is 0.159. The minimum atomic E-state index is -2.81. The van der Waals surface area contributed by atoms with Crippen molar-refractivity contribution < 1.29 is 18.2 Å². The third kappa shape index (κ3) is 1.11. The van der Waals surface area contributed by atoms with Crippen LogP contribution in [0.2, 0.25) is 0 Å². The van der Waals surface area contributed by atoms with Gasteiger partial charge in [-0.3, -0.25) is 0 Å². The van der Waals surface area contributed by atoms with Crippen LogP contribution in [0, 0.1) is 5.21 Å². The van der Waals surface area contributed by atoms with Crippen LogP contribution < -0.4 is 0 Å². The van der Waals surface area contributed by atoms with Gasteiger partial charge in [-0.05, 0) is 0 Å². The molecule has 2 fully saturated rings. The van der Waals surface area contributed by atoms with E-state index in [1.54, 1.807) is 13.8 Å². The van der Waals surface area contributed by atoms with Crippen LogP contribution in [0.5, 0.6) is 0 Å². The summed E-state index contributed by atoms with van der Waals surface area (Å²) in [6.07, 6.45) is -0.333. The van der Waals surface area contributed by atoms with Crippen molar-refractivity contribution in [2.45, 2.75) is 38.0 Å². The molecule has 2 aliphatic rings. The lowest BCUT2D eigenvalue weighted by Gasteiger charge is -2.47. The number of halogens is 2. The predicted octanol–water partition coefficient (Wildman–Crippen LogP) is 1.47. The Bertz CT molecular complexity index is 244. The molecule has 0 aliphatic carbocycles. The highest BCUT2D eigenvalue weighted by Crippen LogP contribution is 2.47. The number of quaternary nitrogens is 1. The second kappa shape index (κ2) is 2.21. The van der Waals surface area contributed by atoms with Crippen LogP contribution in [0.3, 0.4) is 0 Å².